The van der Waals surface area contributed by atoms with Gasteiger partial charge < -0.3 is 15.2 Å². The van der Waals surface area contributed by atoms with Gasteiger partial charge in [0.25, 0.3) is 0 Å². The lowest BCUT2D eigenvalue weighted by Gasteiger charge is -2.03. The van der Waals surface area contributed by atoms with Crippen LogP contribution >= 0.6 is 11.6 Å². The van der Waals surface area contributed by atoms with E-state index in [1.165, 1.54) is 18.2 Å². The van der Waals surface area contributed by atoms with Gasteiger partial charge in [-0.1, -0.05) is 23.7 Å². The van der Waals surface area contributed by atoms with Crippen molar-refractivity contribution in [3.8, 4) is 0 Å². The van der Waals surface area contributed by atoms with Crippen molar-refractivity contribution >= 4 is 24.2 Å². The van der Waals surface area contributed by atoms with Crippen LogP contribution in [-0.4, -0.2) is 22.3 Å². The van der Waals surface area contributed by atoms with Crippen molar-refractivity contribution in [2.45, 2.75) is 6.61 Å². The van der Waals surface area contributed by atoms with Crippen molar-refractivity contribution in [1.29, 1.82) is 0 Å². The zero-order chi connectivity index (χ0) is 9.14. The van der Waals surface area contributed by atoms with Gasteiger partial charge in [-0.05, 0) is 17.1 Å². The Hall–Kier alpha value is -0.545. The van der Waals surface area contributed by atoms with E-state index in [2.05, 4.69) is 0 Å². The van der Waals surface area contributed by atoms with Crippen molar-refractivity contribution < 1.29 is 15.2 Å². The number of aliphatic hydroxyl groups is 1. The van der Waals surface area contributed by atoms with Gasteiger partial charge in [0.15, 0.2) is 0 Å². The van der Waals surface area contributed by atoms with Crippen LogP contribution in [0, 0.1) is 0 Å². The zero-order valence-corrected chi connectivity index (χ0v) is 6.99. The molecule has 0 bridgehead atoms. The molecular weight excluding hydrogens is 178 g/mol. The molecule has 64 valence electrons. The Balaban J connectivity index is 3.05. The first-order valence-electron chi connectivity index (χ1n) is 3.40. The highest BCUT2D eigenvalue weighted by Crippen LogP contribution is 2.13. The van der Waals surface area contributed by atoms with E-state index in [-0.39, 0.29) is 6.61 Å². The van der Waals surface area contributed by atoms with Gasteiger partial charge in [-0.15, -0.1) is 0 Å². The second-order valence-electron chi connectivity index (χ2n) is 2.38. The highest BCUT2D eigenvalue weighted by Gasteiger charge is 2.11. The van der Waals surface area contributed by atoms with Crippen LogP contribution in [0.15, 0.2) is 18.2 Å². The van der Waals surface area contributed by atoms with Gasteiger partial charge in [0.05, 0.1) is 6.61 Å². The van der Waals surface area contributed by atoms with Crippen LogP contribution in [0.5, 0.6) is 0 Å². The first kappa shape index (κ1) is 9.54. The summed E-state index contributed by atoms with van der Waals surface area (Å²) in [4.78, 5) is 0. The van der Waals surface area contributed by atoms with E-state index < -0.39 is 7.12 Å². The Morgan fingerprint density at radius 2 is 2.00 bits per heavy atom. The molecule has 0 saturated heterocycles. The molecule has 0 aliphatic rings. The van der Waals surface area contributed by atoms with Crippen LogP contribution in [-0.2, 0) is 6.61 Å². The summed E-state index contributed by atoms with van der Waals surface area (Å²) in [5, 5.41) is 26.7. The molecule has 0 atom stereocenters. The summed E-state index contributed by atoms with van der Waals surface area (Å²) < 4.78 is 0. The largest absolute Gasteiger partial charge is 0.488 e. The summed E-state index contributed by atoms with van der Waals surface area (Å²) in [6.45, 7) is -0.209. The Morgan fingerprint density at radius 3 is 2.50 bits per heavy atom. The maximum Gasteiger partial charge on any atom is 0.488 e. The summed E-state index contributed by atoms with van der Waals surface area (Å²) >= 11 is 5.68. The van der Waals surface area contributed by atoms with E-state index in [0.717, 1.165) is 0 Å². The molecule has 0 unspecified atom stereocenters. The van der Waals surface area contributed by atoms with Gasteiger partial charge in [0.1, 0.15) is 0 Å². The predicted molar refractivity (Wildman–Crippen MR) is 47.2 cm³/mol. The van der Waals surface area contributed by atoms with Crippen molar-refractivity contribution in [3.05, 3.63) is 28.8 Å². The quantitative estimate of drug-likeness (QED) is 0.546. The average molecular weight is 186 g/mol. The third-order valence-electron chi connectivity index (χ3n) is 1.54. The molecule has 0 saturated carbocycles. The Bertz CT molecular complexity index is 277. The molecule has 3 N–H and O–H groups in total. The third-order valence-corrected chi connectivity index (χ3v) is 1.91. The lowest BCUT2D eigenvalue weighted by atomic mass is 9.80. The molecule has 0 radical (unpaired) electrons. The third kappa shape index (κ3) is 1.98. The van der Waals surface area contributed by atoms with Crippen LogP contribution in [0.2, 0.25) is 5.02 Å². The fourth-order valence-corrected chi connectivity index (χ4v) is 1.05. The average Bonchev–Trinajstić information content (AvgIpc) is 2.05. The van der Waals surface area contributed by atoms with Crippen LogP contribution < -0.4 is 5.46 Å². The molecule has 0 amide bonds. The molecule has 0 aromatic heterocycles. The topological polar surface area (TPSA) is 60.7 Å². The number of aliphatic hydroxyl groups excluding tert-OH is 1. The highest BCUT2D eigenvalue weighted by molar-refractivity contribution is 6.58. The van der Waals surface area contributed by atoms with Gasteiger partial charge in [-0.3, -0.25) is 0 Å². The van der Waals surface area contributed by atoms with Crippen LogP contribution in [0.1, 0.15) is 5.56 Å². The summed E-state index contributed by atoms with van der Waals surface area (Å²) in [5.74, 6) is 0. The van der Waals surface area contributed by atoms with Crippen LogP contribution in [0.3, 0.4) is 0 Å². The van der Waals surface area contributed by atoms with E-state index in [0.29, 0.717) is 16.0 Å². The standard InChI is InChI=1S/C7H8BClO3/c9-7-2-1-6(8(11)12)3-5(7)4-10/h1-3,10-12H,4H2. The van der Waals surface area contributed by atoms with Crippen molar-refractivity contribution in [2.75, 3.05) is 0 Å². The molecule has 1 aromatic rings. The Labute approximate surface area is 75.4 Å². The minimum atomic E-state index is -1.52. The molecule has 0 aliphatic carbocycles. The zero-order valence-electron chi connectivity index (χ0n) is 6.24. The molecule has 1 rings (SSSR count). The van der Waals surface area contributed by atoms with Crippen LogP contribution in [0.4, 0.5) is 0 Å². The van der Waals surface area contributed by atoms with Crippen LogP contribution in [0.25, 0.3) is 0 Å². The molecule has 0 spiro atoms. The summed E-state index contributed by atoms with van der Waals surface area (Å²) in [6.07, 6.45) is 0. The molecule has 3 nitrogen and oxygen atoms in total. The second-order valence-corrected chi connectivity index (χ2v) is 2.79. The van der Waals surface area contributed by atoms with E-state index in [1.807, 2.05) is 0 Å². The lowest BCUT2D eigenvalue weighted by Crippen LogP contribution is -2.29. The number of halogens is 1. The van der Waals surface area contributed by atoms with E-state index in [4.69, 9.17) is 26.8 Å². The fraction of sp³-hybridized carbons (Fsp3) is 0.143. The normalized spacial score (nSPS) is 10.0. The van der Waals surface area contributed by atoms with Gasteiger partial charge >= 0.3 is 7.12 Å². The van der Waals surface area contributed by atoms with Gasteiger partial charge in [-0.25, -0.2) is 0 Å². The predicted octanol–water partition coefficient (Wildman–Crippen LogP) is -0.488. The van der Waals surface area contributed by atoms with Crippen molar-refractivity contribution in [3.63, 3.8) is 0 Å². The van der Waals surface area contributed by atoms with Gasteiger partial charge in [0, 0.05) is 5.02 Å². The molecule has 0 heterocycles. The van der Waals surface area contributed by atoms with E-state index in [1.54, 1.807) is 0 Å². The Kier molecular flexibility index (Phi) is 3.11. The summed E-state index contributed by atoms with van der Waals surface area (Å²) in [5.41, 5.74) is 0.811. The number of rotatable bonds is 2. The molecule has 0 fully saturated rings. The molecule has 0 aliphatic heterocycles. The number of hydrogen-bond acceptors (Lipinski definition) is 3. The second kappa shape index (κ2) is 3.91. The highest BCUT2D eigenvalue weighted by atomic mass is 35.5. The summed E-state index contributed by atoms with van der Waals surface area (Å²) in [7, 11) is -1.52. The molecular formula is C7H8BClO3. The minimum Gasteiger partial charge on any atom is -0.423 e. The first-order chi connectivity index (χ1) is 5.65. The van der Waals surface area contributed by atoms with Crippen molar-refractivity contribution in [1.82, 2.24) is 0 Å². The first-order valence-corrected chi connectivity index (χ1v) is 3.78. The Morgan fingerprint density at radius 1 is 1.33 bits per heavy atom. The number of hydrogen-bond donors (Lipinski definition) is 3. The van der Waals surface area contributed by atoms with Gasteiger partial charge in [-0.2, -0.15) is 0 Å². The lowest BCUT2D eigenvalue weighted by molar-refractivity contribution is 0.282. The minimum absolute atomic E-state index is 0.209. The molecule has 12 heavy (non-hydrogen) atoms. The van der Waals surface area contributed by atoms with E-state index in [9.17, 15) is 0 Å². The fourth-order valence-electron chi connectivity index (χ4n) is 0.876. The van der Waals surface area contributed by atoms with E-state index >= 15 is 0 Å². The van der Waals surface area contributed by atoms with Crippen molar-refractivity contribution in [2.24, 2.45) is 0 Å². The monoisotopic (exact) mass is 186 g/mol. The number of benzene rings is 1. The van der Waals surface area contributed by atoms with Gasteiger partial charge in [0.2, 0.25) is 0 Å². The smallest absolute Gasteiger partial charge is 0.423 e. The molecule has 1 aromatic carbocycles. The molecule has 5 heteroatoms. The summed E-state index contributed by atoms with van der Waals surface area (Å²) in [6, 6.07) is 4.46. The SMILES string of the molecule is OCc1cc(B(O)O)ccc1Cl. The maximum absolute atomic E-state index is 8.78. The maximum atomic E-state index is 8.78.